The van der Waals surface area contributed by atoms with Crippen LogP contribution in [0.25, 0.3) is 0 Å². The Bertz CT molecular complexity index is 744. The molecular formula is C18H19NO3S. The maximum absolute atomic E-state index is 12.1. The Kier molecular flexibility index (Phi) is 5.45. The smallest absolute Gasteiger partial charge is 0.224 e. The van der Waals surface area contributed by atoms with Gasteiger partial charge < -0.3 is 5.32 Å². The summed E-state index contributed by atoms with van der Waals surface area (Å²) >= 11 is 1.59. The minimum absolute atomic E-state index is 0.00562. The fraction of sp³-hybridized carbons (Fsp3) is 0.278. The van der Waals surface area contributed by atoms with E-state index >= 15 is 0 Å². The predicted octanol–water partition coefficient (Wildman–Crippen LogP) is 4.17. The zero-order valence-electron chi connectivity index (χ0n) is 13.4. The third kappa shape index (κ3) is 4.60. The van der Waals surface area contributed by atoms with Crippen LogP contribution in [0.2, 0.25) is 0 Å². The molecule has 2 rings (SSSR count). The first-order chi connectivity index (χ1) is 10.9. The van der Waals surface area contributed by atoms with Crippen LogP contribution in [-0.4, -0.2) is 17.5 Å². The molecule has 4 nitrogen and oxygen atoms in total. The molecule has 0 aliphatic heterocycles. The van der Waals surface area contributed by atoms with Gasteiger partial charge in [-0.15, -0.1) is 11.3 Å². The molecule has 0 bridgehead atoms. The maximum Gasteiger partial charge on any atom is 0.224 e. The summed E-state index contributed by atoms with van der Waals surface area (Å²) in [5.74, 6) is -0.234. The van der Waals surface area contributed by atoms with Crippen LogP contribution in [0.15, 0.2) is 30.3 Å². The van der Waals surface area contributed by atoms with Crippen LogP contribution in [0.5, 0.6) is 0 Å². The average Bonchev–Trinajstić information content (AvgIpc) is 2.84. The van der Waals surface area contributed by atoms with Crippen LogP contribution in [0, 0.1) is 13.8 Å². The van der Waals surface area contributed by atoms with Crippen molar-refractivity contribution in [3.05, 3.63) is 51.2 Å². The molecule has 0 saturated heterocycles. The zero-order chi connectivity index (χ0) is 17.0. The number of hydrogen-bond donors (Lipinski definition) is 1. The number of rotatable bonds is 6. The number of Topliss-reactive ketones (excluding diaryl/α,β-unsaturated/α-hetero) is 2. The van der Waals surface area contributed by atoms with Gasteiger partial charge in [0, 0.05) is 39.4 Å². The van der Waals surface area contributed by atoms with E-state index in [2.05, 4.69) is 5.32 Å². The van der Waals surface area contributed by atoms with E-state index in [4.69, 9.17) is 0 Å². The molecule has 0 saturated carbocycles. The summed E-state index contributed by atoms with van der Waals surface area (Å²) in [6.07, 6.45) is 0.329. The second-order valence-corrected chi connectivity index (χ2v) is 6.89. The molecule has 0 aliphatic carbocycles. The first-order valence-corrected chi connectivity index (χ1v) is 8.19. The molecule has 2 aromatic rings. The SMILES string of the molecule is CC(=O)c1ccc(NC(=O)CCC(=O)c2cc(C)sc2C)cc1. The minimum atomic E-state index is -0.210. The fourth-order valence-corrected chi connectivity index (χ4v) is 3.22. The van der Waals surface area contributed by atoms with E-state index in [0.717, 1.165) is 9.75 Å². The zero-order valence-corrected chi connectivity index (χ0v) is 14.3. The van der Waals surface area contributed by atoms with Gasteiger partial charge in [0.25, 0.3) is 0 Å². The van der Waals surface area contributed by atoms with E-state index in [1.165, 1.54) is 6.92 Å². The lowest BCUT2D eigenvalue weighted by molar-refractivity contribution is -0.116. The fourth-order valence-electron chi connectivity index (χ4n) is 2.28. The molecule has 120 valence electrons. The number of thiophene rings is 1. The Morgan fingerprint density at radius 1 is 1.04 bits per heavy atom. The Labute approximate surface area is 139 Å². The van der Waals surface area contributed by atoms with E-state index in [-0.39, 0.29) is 30.3 Å². The number of nitrogens with one attached hydrogen (secondary N) is 1. The molecule has 0 aliphatic rings. The number of carbonyl (C=O) groups is 3. The van der Waals surface area contributed by atoms with Crippen LogP contribution in [0.1, 0.15) is 50.2 Å². The second-order valence-electron chi connectivity index (χ2n) is 5.43. The summed E-state index contributed by atoms with van der Waals surface area (Å²) in [6, 6.07) is 8.58. The number of ketones is 2. The lowest BCUT2D eigenvalue weighted by Gasteiger charge is -2.05. The number of aryl methyl sites for hydroxylation is 2. The normalized spacial score (nSPS) is 10.4. The standard InChI is InChI=1S/C18H19NO3S/c1-11-10-16(13(3)23-11)17(21)8-9-18(22)19-15-6-4-14(5-7-15)12(2)20/h4-7,10H,8-9H2,1-3H3,(H,19,22). The molecule has 0 radical (unpaired) electrons. The molecule has 0 spiro atoms. The summed E-state index contributed by atoms with van der Waals surface area (Å²) in [4.78, 5) is 37.4. The topological polar surface area (TPSA) is 63.2 Å². The Hall–Kier alpha value is -2.27. The molecule has 1 heterocycles. The van der Waals surface area contributed by atoms with Gasteiger partial charge in [-0.2, -0.15) is 0 Å². The quantitative estimate of drug-likeness (QED) is 0.809. The highest BCUT2D eigenvalue weighted by molar-refractivity contribution is 7.12. The molecule has 1 aromatic heterocycles. The molecule has 1 N–H and O–H groups in total. The van der Waals surface area contributed by atoms with Gasteiger partial charge in [0.2, 0.25) is 5.91 Å². The lowest BCUT2D eigenvalue weighted by Crippen LogP contribution is -2.13. The number of anilines is 1. The van der Waals surface area contributed by atoms with E-state index in [1.807, 2.05) is 19.9 Å². The predicted molar refractivity (Wildman–Crippen MR) is 92.4 cm³/mol. The summed E-state index contributed by atoms with van der Waals surface area (Å²) in [5, 5.41) is 2.73. The van der Waals surface area contributed by atoms with Crippen LogP contribution in [0.4, 0.5) is 5.69 Å². The second kappa shape index (κ2) is 7.33. The van der Waals surface area contributed by atoms with E-state index in [9.17, 15) is 14.4 Å². The number of hydrogen-bond acceptors (Lipinski definition) is 4. The van der Waals surface area contributed by atoms with Gasteiger partial charge >= 0.3 is 0 Å². The van der Waals surface area contributed by atoms with Gasteiger partial charge in [-0.25, -0.2) is 0 Å². The molecule has 0 fully saturated rings. The third-order valence-electron chi connectivity index (χ3n) is 3.50. The summed E-state index contributed by atoms with van der Waals surface area (Å²) in [6.45, 7) is 5.38. The van der Waals surface area contributed by atoms with Gasteiger partial charge in [-0.05, 0) is 51.1 Å². The van der Waals surface area contributed by atoms with Crippen molar-refractivity contribution in [2.75, 3.05) is 5.32 Å². The van der Waals surface area contributed by atoms with Crippen molar-refractivity contribution in [1.82, 2.24) is 0 Å². The first-order valence-electron chi connectivity index (χ1n) is 7.38. The van der Waals surface area contributed by atoms with Crippen LogP contribution >= 0.6 is 11.3 Å². The van der Waals surface area contributed by atoms with Crippen molar-refractivity contribution in [2.45, 2.75) is 33.6 Å². The van der Waals surface area contributed by atoms with Gasteiger partial charge in [-0.3, -0.25) is 14.4 Å². The number of amides is 1. The minimum Gasteiger partial charge on any atom is -0.326 e. The van der Waals surface area contributed by atoms with Crippen LogP contribution in [0.3, 0.4) is 0 Å². The number of carbonyl (C=O) groups excluding carboxylic acids is 3. The largest absolute Gasteiger partial charge is 0.326 e. The van der Waals surface area contributed by atoms with Crippen LogP contribution < -0.4 is 5.32 Å². The highest BCUT2D eigenvalue weighted by Crippen LogP contribution is 2.22. The molecule has 0 unspecified atom stereocenters. The van der Waals surface area contributed by atoms with E-state index < -0.39 is 0 Å². The highest BCUT2D eigenvalue weighted by atomic mass is 32.1. The van der Waals surface area contributed by atoms with Crippen molar-refractivity contribution >= 4 is 34.5 Å². The molecule has 5 heteroatoms. The van der Waals surface area contributed by atoms with E-state index in [0.29, 0.717) is 16.8 Å². The molecule has 1 amide bonds. The average molecular weight is 329 g/mol. The van der Waals surface area contributed by atoms with Crippen molar-refractivity contribution < 1.29 is 14.4 Å². The third-order valence-corrected chi connectivity index (χ3v) is 4.46. The van der Waals surface area contributed by atoms with Gasteiger partial charge in [-0.1, -0.05) is 0 Å². The van der Waals surface area contributed by atoms with Gasteiger partial charge in [0.1, 0.15) is 0 Å². The Balaban J connectivity index is 1.88. The van der Waals surface area contributed by atoms with Crippen molar-refractivity contribution in [3.63, 3.8) is 0 Å². The molecular weight excluding hydrogens is 310 g/mol. The Morgan fingerprint density at radius 3 is 2.22 bits per heavy atom. The molecule has 23 heavy (non-hydrogen) atoms. The van der Waals surface area contributed by atoms with Crippen molar-refractivity contribution in [1.29, 1.82) is 0 Å². The lowest BCUT2D eigenvalue weighted by atomic mass is 10.1. The summed E-state index contributed by atoms with van der Waals surface area (Å²) < 4.78 is 0. The summed E-state index contributed by atoms with van der Waals surface area (Å²) in [7, 11) is 0. The Morgan fingerprint density at radius 2 is 1.70 bits per heavy atom. The van der Waals surface area contributed by atoms with E-state index in [1.54, 1.807) is 35.6 Å². The van der Waals surface area contributed by atoms with Gasteiger partial charge in [0.05, 0.1) is 0 Å². The van der Waals surface area contributed by atoms with Crippen molar-refractivity contribution in [2.24, 2.45) is 0 Å². The first kappa shape index (κ1) is 17.1. The number of benzene rings is 1. The summed E-state index contributed by atoms with van der Waals surface area (Å²) in [5.41, 5.74) is 1.93. The van der Waals surface area contributed by atoms with Gasteiger partial charge in [0.15, 0.2) is 11.6 Å². The molecule has 1 aromatic carbocycles. The van der Waals surface area contributed by atoms with Crippen LogP contribution in [-0.2, 0) is 4.79 Å². The van der Waals surface area contributed by atoms with Crippen molar-refractivity contribution in [3.8, 4) is 0 Å². The monoisotopic (exact) mass is 329 g/mol. The highest BCUT2D eigenvalue weighted by Gasteiger charge is 2.14. The maximum atomic E-state index is 12.1. The molecule has 0 atom stereocenters.